The van der Waals surface area contributed by atoms with Crippen molar-refractivity contribution >= 4 is 0 Å². The van der Waals surface area contributed by atoms with Crippen LogP contribution in [0.5, 0.6) is 0 Å². The predicted octanol–water partition coefficient (Wildman–Crippen LogP) is 2.62. The van der Waals surface area contributed by atoms with Gasteiger partial charge in [0.05, 0.1) is 6.10 Å². The summed E-state index contributed by atoms with van der Waals surface area (Å²) in [5.74, 6) is -1.05. The zero-order valence-electron chi connectivity index (χ0n) is 9.72. The molecule has 94 valence electrons. The first-order valence-corrected chi connectivity index (χ1v) is 6.01. The highest BCUT2D eigenvalue weighted by Gasteiger charge is 2.14. The van der Waals surface area contributed by atoms with Crippen LogP contribution in [0.4, 0.5) is 8.78 Å². The molecule has 0 radical (unpaired) electrons. The van der Waals surface area contributed by atoms with Crippen molar-refractivity contribution in [2.24, 2.45) is 0 Å². The Morgan fingerprint density at radius 3 is 2.65 bits per heavy atom. The number of halogens is 2. The Balaban J connectivity index is 1.70. The SMILES string of the molecule is Fc1cc(F)cc(CNCCC2CCCO2)c1. The molecule has 1 N–H and O–H groups in total. The molecule has 0 bridgehead atoms. The zero-order chi connectivity index (χ0) is 12.1. The summed E-state index contributed by atoms with van der Waals surface area (Å²) in [6, 6.07) is 3.58. The predicted molar refractivity (Wildman–Crippen MR) is 61.7 cm³/mol. The van der Waals surface area contributed by atoms with Gasteiger partial charge in [-0.05, 0) is 43.5 Å². The molecule has 1 fully saturated rings. The Morgan fingerprint density at radius 1 is 1.24 bits per heavy atom. The molecule has 0 aromatic heterocycles. The Labute approximate surface area is 100.0 Å². The number of nitrogens with one attached hydrogen (secondary N) is 1. The molecule has 0 aliphatic carbocycles. The highest BCUT2D eigenvalue weighted by atomic mass is 19.1. The van der Waals surface area contributed by atoms with Crippen molar-refractivity contribution < 1.29 is 13.5 Å². The standard InChI is InChI=1S/C13H17F2NO/c14-11-6-10(7-12(15)8-11)9-16-4-3-13-2-1-5-17-13/h6-8,13,16H,1-5,9H2. The minimum Gasteiger partial charge on any atom is -0.378 e. The van der Waals surface area contributed by atoms with Crippen molar-refractivity contribution in [3.05, 3.63) is 35.4 Å². The van der Waals surface area contributed by atoms with Gasteiger partial charge < -0.3 is 10.1 Å². The molecule has 2 rings (SSSR count). The van der Waals surface area contributed by atoms with Crippen LogP contribution in [-0.4, -0.2) is 19.3 Å². The molecular formula is C13H17F2NO. The van der Waals surface area contributed by atoms with Crippen molar-refractivity contribution in [1.82, 2.24) is 5.32 Å². The van der Waals surface area contributed by atoms with Gasteiger partial charge in [-0.15, -0.1) is 0 Å². The molecular weight excluding hydrogens is 224 g/mol. The van der Waals surface area contributed by atoms with E-state index in [4.69, 9.17) is 4.74 Å². The second-order valence-corrected chi connectivity index (χ2v) is 4.38. The maximum atomic E-state index is 12.9. The number of hydrogen-bond acceptors (Lipinski definition) is 2. The van der Waals surface area contributed by atoms with Crippen molar-refractivity contribution in [2.45, 2.75) is 31.9 Å². The van der Waals surface area contributed by atoms with E-state index in [2.05, 4.69) is 5.32 Å². The molecule has 1 atom stereocenters. The minimum absolute atomic E-state index is 0.353. The summed E-state index contributed by atoms with van der Waals surface area (Å²) in [7, 11) is 0. The summed E-state index contributed by atoms with van der Waals surface area (Å²) in [5, 5.41) is 3.17. The van der Waals surface area contributed by atoms with E-state index in [0.29, 0.717) is 18.2 Å². The Bertz CT molecular complexity index is 344. The van der Waals surface area contributed by atoms with Crippen LogP contribution < -0.4 is 5.32 Å². The fourth-order valence-electron chi connectivity index (χ4n) is 2.08. The molecule has 1 aliphatic heterocycles. The average Bonchev–Trinajstić information content (AvgIpc) is 2.76. The molecule has 4 heteroatoms. The van der Waals surface area contributed by atoms with E-state index in [-0.39, 0.29) is 0 Å². The second-order valence-electron chi connectivity index (χ2n) is 4.38. The van der Waals surface area contributed by atoms with E-state index in [1.165, 1.54) is 12.1 Å². The lowest BCUT2D eigenvalue weighted by Gasteiger charge is -2.10. The molecule has 1 unspecified atom stereocenters. The molecule has 0 spiro atoms. The first-order chi connectivity index (χ1) is 8.24. The quantitative estimate of drug-likeness (QED) is 0.800. The van der Waals surface area contributed by atoms with E-state index in [1.807, 2.05) is 0 Å². The lowest BCUT2D eigenvalue weighted by atomic mass is 10.1. The van der Waals surface area contributed by atoms with Gasteiger partial charge in [0, 0.05) is 19.2 Å². The summed E-state index contributed by atoms with van der Waals surface area (Å²) in [6.07, 6.45) is 3.57. The highest BCUT2D eigenvalue weighted by Crippen LogP contribution is 2.14. The molecule has 1 aromatic carbocycles. The fraction of sp³-hybridized carbons (Fsp3) is 0.538. The maximum Gasteiger partial charge on any atom is 0.126 e. The van der Waals surface area contributed by atoms with Crippen molar-refractivity contribution in [3.63, 3.8) is 0 Å². The highest BCUT2D eigenvalue weighted by molar-refractivity contribution is 5.17. The van der Waals surface area contributed by atoms with Crippen LogP contribution in [-0.2, 0) is 11.3 Å². The van der Waals surface area contributed by atoms with E-state index in [1.54, 1.807) is 0 Å². The number of benzene rings is 1. The molecule has 1 aliphatic rings. The molecule has 0 saturated carbocycles. The van der Waals surface area contributed by atoms with E-state index < -0.39 is 11.6 Å². The van der Waals surface area contributed by atoms with Gasteiger partial charge in [0.15, 0.2) is 0 Å². The second kappa shape index (κ2) is 6.07. The fourth-order valence-corrected chi connectivity index (χ4v) is 2.08. The van der Waals surface area contributed by atoms with Crippen LogP contribution in [0.15, 0.2) is 18.2 Å². The van der Waals surface area contributed by atoms with Crippen molar-refractivity contribution in [2.75, 3.05) is 13.2 Å². The first-order valence-electron chi connectivity index (χ1n) is 6.01. The molecule has 0 amide bonds. The lowest BCUT2D eigenvalue weighted by Crippen LogP contribution is -2.20. The van der Waals surface area contributed by atoms with Gasteiger partial charge in [0.25, 0.3) is 0 Å². The van der Waals surface area contributed by atoms with Crippen LogP contribution in [0.1, 0.15) is 24.8 Å². The third kappa shape index (κ3) is 4.06. The van der Waals surface area contributed by atoms with Gasteiger partial charge in [0.1, 0.15) is 11.6 Å². The summed E-state index contributed by atoms with van der Waals surface area (Å²) < 4.78 is 31.3. The zero-order valence-corrected chi connectivity index (χ0v) is 9.72. The third-order valence-corrected chi connectivity index (χ3v) is 2.92. The molecule has 1 saturated heterocycles. The van der Waals surface area contributed by atoms with Crippen molar-refractivity contribution in [3.8, 4) is 0 Å². The largest absolute Gasteiger partial charge is 0.378 e. The average molecular weight is 241 g/mol. The van der Waals surface area contributed by atoms with Crippen LogP contribution in [0.25, 0.3) is 0 Å². The van der Waals surface area contributed by atoms with Crippen molar-refractivity contribution in [1.29, 1.82) is 0 Å². The Morgan fingerprint density at radius 2 is 2.00 bits per heavy atom. The minimum atomic E-state index is -0.527. The van der Waals surface area contributed by atoms with Crippen LogP contribution >= 0.6 is 0 Å². The summed E-state index contributed by atoms with van der Waals surface area (Å²) in [6.45, 7) is 2.16. The Hall–Kier alpha value is -1.00. The molecule has 1 aromatic rings. The third-order valence-electron chi connectivity index (χ3n) is 2.92. The van der Waals surface area contributed by atoms with Gasteiger partial charge >= 0.3 is 0 Å². The van der Waals surface area contributed by atoms with Crippen LogP contribution in [0.2, 0.25) is 0 Å². The van der Waals surface area contributed by atoms with Gasteiger partial charge in [-0.25, -0.2) is 8.78 Å². The van der Waals surface area contributed by atoms with Gasteiger partial charge in [-0.1, -0.05) is 0 Å². The Kier molecular flexibility index (Phi) is 4.45. The summed E-state index contributed by atoms with van der Waals surface area (Å²) in [5.41, 5.74) is 0.634. The van der Waals surface area contributed by atoms with E-state index >= 15 is 0 Å². The number of rotatable bonds is 5. The number of ether oxygens (including phenoxy) is 1. The van der Waals surface area contributed by atoms with Crippen LogP contribution in [0, 0.1) is 11.6 Å². The maximum absolute atomic E-state index is 12.9. The number of hydrogen-bond donors (Lipinski definition) is 1. The monoisotopic (exact) mass is 241 g/mol. The topological polar surface area (TPSA) is 21.3 Å². The molecule has 17 heavy (non-hydrogen) atoms. The molecule has 2 nitrogen and oxygen atoms in total. The summed E-state index contributed by atoms with van der Waals surface area (Å²) >= 11 is 0. The normalized spacial score (nSPS) is 19.8. The molecule has 1 heterocycles. The van der Waals surface area contributed by atoms with Crippen LogP contribution in [0.3, 0.4) is 0 Å². The van der Waals surface area contributed by atoms with Gasteiger partial charge in [0.2, 0.25) is 0 Å². The first kappa shape index (κ1) is 12.5. The van der Waals surface area contributed by atoms with E-state index in [9.17, 15) is 8.78 Å². The smallest absolute Gasteiger partial charge is 0.126 e. The van der Waals surface area contributed by atoms with Gasteiger partial charge in [-0.2, -0.15) is 0 Å². The lowest BCUT2D eigenvalue weighted by molar-refractivity contribution is 0.104. The van der Waals surface area contributed by atoms with Gasteiger partial charge in [-0.3, -0.25) is 0 Å². The van der Waals surface area contributed by atoms with E-state index in [0.717, 1.165) is 38.5 Å². The summed E-state index contributed by atoms with van der Waals surface area (Å²) in [4.78, 5) is 0.